The van der Waals surface area contributed by atoms with Gasteiger partial charge in [-0.3, -0.25) is 0 Å². The highest BCUT2D eigenvalue weighted by atomic mass is 16.6. The Morgan fingerprint density at radius 3 is 2.48 bits per heavy atom. The van der Waals surface area contributed by atoms with Crippen LogP contribution in [0.15, 0.2) is 18.2 Å². The number of nitrogens with two attached hydrogens (primary N) is 1. The number of para-hydroxylation sites is 1. The minimum Gasteiger partial charge on any atom is -0.493 e. The predicted molar refractivity (Wildman–Crippen MR) is 80.7 cm³/mol. The average molecular weight is 296 g/mol. The monoisotopic (exact) mass is 296 g/mol. The van der Waals surface area contributed by atoms with Gasteiger partial charge >= 0.3 is 6.09 Å². The molecule has 0 spiro atoms. The number of ether oxygens (including phenoxy) is 3. The highest BCUT2D eigenvalue weighted by Gasteiger charge is 2.19. The standard InChI is InChI=1S/C15H24N2O4/c1-15(2,3)21-14(18)17-9-11(16)10-7-6-8-12(19-4)13(10)20-5/h6-8,11H,9,16H2,1-5H3,(H,17,18). The number of benzene rings is 1. The summed E-state index contributed by atoms with van der Waals surface area (Å²) in [6.07, 6.45) is -0.500. The number of carbonyl (C=O) groups is 1. The largest absolute Gasteiger partial charge is 0.493 e. The number of methoxy groups -OCH3 is 2. The molecule has 6 nitrogen and oxygen atoms in total. The van der Waals surface area contributed by atoms with Crippen molar-refractivity contribution in [3.8, 4) is 11.5 Å². The lowest BCUT2D eigenvalue weighted by molar-refractivity contribution is 0.0524. The van der Waals surface area contributed by atoms with Crippen molar-refractivity contribution in [1.29, 1.82) is 0 Å². The van der Waals surface area contributed by atoms with E-state index in [1.807, 2.05) is 12.1 Å². The Morgan fingerprint density at radius 1 is 1.29 bits per heavy atom. The molecular weight excluding hydrogens is 272 g/mol. The molecule has 0 bridgehead atoms. The highest BCUT2D eigenvalue weighted by molar-refractivity contribution is 5.67. The lowest BCUT2D eigenvalue weighted by atomic mass is 10.1. The van der Waals surface area contributed by atoms with Crippen molar-refractivity contribution < 1.29 is 19.0 Å². The second kappa shape index (κ2) is 7.17. The molecule has 1 atom stereocenters. The summed E-state index contributed by atoms with van der Waals surface area (Å²) in [6.45, 7) is 5.64. The zero-order valence-electron chi connectivity index (χ0n) is 13.2. The third-order valence-electron chi connectivity index (χ3n) is 2.70. The average Bonchev–Trinajstić information content (AvgIpc) is 2.41. The van der Waals surface area contributed by atoms with Gasteiger partial charge in [-0.1, -0.05) is 12.1 Å². The van der Waals surface area contributed by atoms with Crippen LogP contribution in [0, 0.1) is 0 Å². The summed E-state index contributed by atoms with van der Waals surface area (Å²) in [5.74, 6) is 1.17. The zero-order valence-corrected chi connectivity index (χ0v) is 13.2. The molecule has 0 aliphatic heterocycles. The first-order valence-electron chi connectivity index (χ1n) is 6.71. The molecule has 0 saturated carbocycles. The lowest BCUT2D eigenvalue weighted by Gasteiger charge is -2.21. The van der Waals surface area contributed by atoms with Crippen LogP contribution >= 0.6 is 0 Å². The van der Waals surface area contributed by atoms with E-state index in [0.29, 0.717) is 11.5 Å². The van der Waals surface area contributed by atoms with Crippen LogP contribution in [0.3, 0.4) is 0 Å². The fraction of sp³-hybridized carbons (Fsp3) is 0.533. The van der Waals surface area contributed by atoms with Crippen LogP contribution in [-0.2, 0) is 4.74 Å². The highest BCUT2D eigenvalue weighted by Crippen LogP contribution is 2.33. The topological polar surface area (TPSA) is 82.8 Å². The van der Waals surface area contributed by atoms with Crippen molar-refractivity contribution in [1.82, 2.24) is 5.32 Å². The van der Waals surface area contributed by atoms with E-state index >= 15 is 0 Å². The van der Waals surface area contributed by atoms with Crippen molar-refractivity contribution >= 4 is 6.09 Å². The van der Waals surface area contributed by atoms with Gasteiger partial charge in [0.25, 0.3) is 0 Å². The number of amides is 1. The summed E-state index contributed by atoms with van der Waals surface area (Å²) in [7, 11) is 3.11. The van der Waals surface area contributed by atoms with E-state index in [2.05, 4.69) is 5.32 Å². The van der Waals surface area contributed by atoms with Gasteiger partial charge in [0.15, 0.2) is 11.5 Å². The van der Waals surface area contributed by atoms with Gasteiger partial charge in [0.2, 0.25) is 0 Å². The first-order valence-corrected chi connectivity index (χ1v) is 6.71. The number of hydrogen-bond donors (Lipinski definition) is 2. The Kier molecular flexibility index (Phi) is 5.84. The second-order valence-corrected chi connectivity index (χ2v) is 5.57. The molecule has 21 heavy (non-hydrogen) atoms. The molecule has 1 unspecified atom stereocenters. The molecule has 1 amide bonds. The number of nitrogens with one attached hydrogen (secondary N) is 1. The van der Waals surface area contributed by atoms with E-state index in [4.69, 9.17) is 19.9 Å². The Morgan fingerprint density at radius 2 is 1.95 bits per heavy atom. The smallest absolute Gasteiger partial charge is 0.407 e. The number of carbonyl (C=O) groups excluding carboxylic acids is 1. The molecule has 0 saturated heterocycles. The molecule has 6 heteroatoms. The van der Waals surface area contributed by atoms with E-state index in [1.165, 1.54) is 0 Å². The van der Waals surface area contributed by atoms with Crippen LogP contribution in [-0.4, -0.2) is 32.5 Å². The summed E-state index contributed by atoms with van der Waals surface area (Å²) in [4.78, 5) is 11.6. The molecular formula is C15H24N2O4. The number of alkyl carbamates (subject to hydrolysis) is 1. The molecule has 0 aromatic heterocycles. The summed E-state index contributed by atoms with van der Waals surface area (Å²) in [5, 5.41) is 2.64. The Balaban J connectivity index is 2.72. The number of rotatable bonds is 5. The van der Waals surface area contributed by atoms with Gasteiger partial charge in [-0.05, 0) is 26.8 Å². The normalized spacial score (nSPS) is 12.5. The molecule has 1 rings (SSSR count). The second-order valence-electron chi connectivity index (χ2n) is 5.57. The van der Waals surface area contributed by atoms with E-state index in [0.717, 1.165) is 5.56 Å². The minimum atomic E-state index is -0.540. The van der Waals surface area contributed by atoms with Crippen LogP contribution in [0.2, 0.25) is 0 Å². The molecule has 0 aliphatic carbocycles. The maximum absolute atomic E-state index is 11.6. The van der Waals surface area contributed by atoms with Gasteiger partial charge in [0.05, 0.1) is 20.3 Å². The minimum absolute atomic E-state index is 0.235. The molecule has 0 aliphatic rings. The van der Waals surface area contributed by atoms with Crippen molar-refractivity contribution in [3.63, 3.8) is 0 Å². The molecule has 0 radical (unpaired) electrons. The Hall–Kier alpha value is -1.95. The van der Waals surface area contributed by atoms with Crippen molar-refractivity contribution in [3.05, 3.63) is 23.8 Å². The quantitative estimate of drug-likeness (QED) is 0.870. The molecule has 118 valence electrons. The van der Waals surface area contributed by atoms with E-state index in [9.17, 15) is 4.79 Å². The van der Waals surface area contributed by atoms with Gasteiger partial charge in [0.1, 0.15) is 5.60 Å². The maximum atomic E-state index is 11.6. The van der Waals surface area contributed by atoms with Gasteiger partial charge in [-0.15, -0.1) is 0 Å². The lowest BCUT2D eigenvalue weighted by Crippen LogP contribution is -2.36. The van der Waals surface area contributed by atoms with Crippen molar-refractivity contribution in [2.45, 2.75) is 32.4 Å². The SMILES string of the molecule is COc1cccc(C(N)CNC(=O)OC(C)(C)C)c1OC. The van der Waals surface area contributed by atoms with Gasteiger partial charge < -0.3 is 25.3 Å². The van der Waals surface area contributed by atoms with E-state index in [1.54, 1.807) is 41.1 Å². The molecule has 1 aromatic rings. The van der Waals surface area contributed by atoms with Crippen LogP contribution < -0.4 is 20.5 Å². The first kappa shape index (κ1) is 17.1. The van der Waals surface area contributed by atoms with Gasteiger partial charge in [-0.25, -0.2) is 4.79 Å². The summed E-state index contributed by atoms with van der Waals surface area (Å²) >= 11 is 0. The summed E-state index contributed by atoms with van der Waals surface area (Å²) in [6, 6.07) is 5.02. The zero-order chi connectivity index (χ0) is 16.0. The van der Waals surface area contributed by atoms with Gasteiger partial charge in [-0.2, -0.15) is 0 Å². The fourth-order valence-electron chi connectivity index (χ4n) is 1.82. The molecule has 0 heterocycles. The third-order valence-corrected chi connectivity index (χ3v) is 2.70. The van der Waals surface area contributed by atoms with E-state index < -0.39 is 17.7 Å². The Bertz CT molecular complexity index is 483. The predicted octanol–water partition coefficient (Wildman–Crippen LogP) is 2.23. The van der Waals surface area contributed by atoms with Crippen LogP contribution in [0.25, 0.3) is 0 Å². The van der Waals surface area contributed by atoms with E-state index in [-0.39, 0.29) is 6.54 Å². The molecule has 1 aromatic carbocycles. The summed E-state index contributed by atoms with van der Waals surface area (Å²) < 4.78 is 15.7. The van der Waals surface area contributed by atoms with Crippen molar-refractivity contribution in [2.75, 3.05) is 20.8 Å². The maximum Gasteiger partial charge on any atom is 0.407 e. The van der Waals surface area contributed by atoms with Crippen LogP contribution in [0.1, 0.15) is 32.4 Å². The third kappa shape index (κ3) is 5.15. The number of hydrogen-bond acceptors (Lipinski definition) is 5. The molecule has 3 N–H and O–H groups in total. The van der Waals surface area contributed by atoms with Crippen molar-refractivity contribution in [2.24, 2.45) is 5.73 Å². The van der Waals surface area contributed by atoms with Crippen LogP contribution in [0.4, 0.5) is 4.79 Å². The Labute approximate surface area is 125 Å². The van der Waals surface area contributed by atoms with Crippen LogP contribution in [0.5, 0.6) is 11.5 Å². The summed E-state index contributed by atoms with van der Waals surface area (Å²) in [5.41, 5.74) is 6.32. The molecule has 0 fully saturated rings. The first-order chi connectivity index (χ1) is 9.78. The van der Waals surface area contributed by atoms with Gasteiger partial charge in [0, 0.05) is 12.1 Å². The fourth-order valence-corrected chi connectivity index (χ4v) is 1.82.